The van der Waals surface area contributed by atoms with Gasteiger partial charge in [-0.2, -0.15) is 0 Å². The number of halogens is 2. The maximum Gasteiger partial charge on any atom is 0.315 e. The number of piperazine rings is 1. The Morgan fingerprint density at radius 1 is 0.959 bits per heavy atom. The van der Waals surface area contributed by atoms with Gasteiger partial charge in [-0.1, -0.05) is 18.2 Å². The average molecular weight is 799 g/mol. The van der Waals surface area contributed by atoms with Crippen molar-refractivity contribution in [3.8, 4) is 5.75 Å². The van der Waals surface area contributed by atoms with Gasteiger partial charge in [0, 0.05) is 74.3 Å². The number of phenolic OH excluding ortho intramolecular Hbond substituents is 1. The molecule has 4 aromatic rings. The van der Waals surface area contributed by atoms with Gasteiger partial charge >= 0.3 is 6.03 Å². The van der Waals surface area contributed by atoms with Gasteiger partial charge in [-0.05, 0) is 106 Å². The summed E-state index contributed by atoms with van der Waals surface area (Å²) in [6, 6.07) is 13.0. The van der Waals surface area contributed by atoms with Crippen molar-refractivity contribution < 1.29 is 19.5 Å². The summed E-state index contributed by atoms with van der Waals surface area (Å²) in [5.41, 5.74) is 9.59. The quantitative estimate of drug-likeness (QED) is 0.104. The molecule has 1 fully saturated rings. The smallest absolute Gasteiger partial charge is 0.315 e. The van der Waals surface area contributed by atoms with Crippen LogP contribution in [0.25, 0.3) is 10.9 Å². The molecule has 3 heterocycles. The van der Waals surface area contributed by atoms with Crippen LogP contribution < -0.4 is 26.6 Å². The van der Waals surface area contributed by atoms with Crippen LogP contribution in [0.15, 0.2) is 76.1 Å². The number of pyridine rings is 1. The van der Waals surface area contributed by atoms with Crippen LogP contribution in [0.3, 0.4) is 0 Å². The Bertz CT molecular complexity index is 1710. The average Bonchev–Trinajstić information content (AvgIpc) is 3.53. The van der Waals surface area contributed by atoms with Crippen LogP contribution in [0.5, 0.6) is 5.75 Å². The van der Waals surface area contributed by atoms with Crippen molar-refractivity contribution in [1.29, 1.82) is 0 Å². The number of para-hydroxylation sites is 1. The highest BCUT2D eigenvalue weighted by Gasteiger charge is 2.31. The first-order chi connectivity index (χ1) is 23.7. The molecule has 1 saturated heterocycles. The molecule has 7 N–H and O–H groups in total. The van der Waals surface area contributed by atoms with Crippen LogP contribution in [0.2, 0.25) is 0 Å². The van der Waals surface area contributed by atoms with Crippen LogP contribution in [0.4, 0.5) is 10.5 Å². The predicted octanol–water partition coefficient (Wildman–Crippen LogP) is 4.21. The third-order valence-corrected chi connectivity index (χ3v) is 9.88. The van der Waals surface area contributed by atoms with Crippen molar-refractivity contribution in [3.63, 3.8) is 0 Å². The van der Waals surface area contributed by atoms with Crippen molar-refractivity contribution in [2.75, 3.05) is 44.2 Å². The fraction of sp³-hybridized carbons (Fsp3) is 0.371. The van der Waals surface area contributed by atoms with Crippen LogP contribution in [0, 0.1) is 0 Å². The van der Waals surface area contributed by atoms with E-state index in [2.05, 4.69) is 62.7 Å². The zero-order valence-corrected chi connectivity index (χ0v) is 30.3. The first kappa shape index (κ1) is 36.1. The Morgan fingerprint density at radius 2 is 1.67 bits per heavy atom. The van der Waals surface area contributed by atoms with Crippen molar-refractivity contribution in [2.45, 2.75) is 44.2 Å². The molecule has 12 nitrogen and oxygen atoms in total. The molecule has 0 radical (unpaired) electrons. The van der Waals surface area contributed by atoms with Gasteiger partial charge in [0.15, 0.2) is 0 Å². The Morgan fingerprint density at radius 3 is 2.39 bits per heavy atom. The number of nitrogens with zero attached hydrogens (tertiary/aromatic N) is 3. The number of amides is 4. The summed E-state index contributed by atoms with van der Waals surface area (Å²) in [6.07, 6.45) is 7.94. The summed E-state index contributed by atoms with van der Waals surface area (Å²) in [6.45, 7) is 3.18. The highest BCUT2D eigenvalue weighted by atomic mass is 79.9. The van der Waals surface area contributed by atoms with E-state index in [9.17, 15) is 19.5 Å². The first-order valence-corrected chi connectivity index (χ1v) is 18.0. The molecule has 0 saturated carbocycles. The Labute approximate surface area is 302 Å². The number of nitrogens with two attached hydrogens (primary N) is 1. The van der Waals surface area contributed by atoms with Crippen molar-refractivity contribution in [1.82, 2.24) is 30.8 Å². The second-order valence-corrected chi connectivity index (χ2v) is 13.7. The number of hydrogen-bond donors (Lipinski definition) is 6. The van der Waals surface area contributed by atoms with E-state index in [1.165, 1.54) is 0 Å². The fourth-order valence-electron chi connectivity index (χ4n) is 6.02. The monoisotopic (exact) mass is 796 g/mol. The molecule has 0 spiro atoms. The summed E-state index contributed by atoms with van der Waals surface area (Å²) in [5, 5.41) is 20.0. The third kappa shape index (κ3) is 9.73. The minimum Gasteiger partial charge on any atom is -0.506 e. The SMILES string of the molecule is NCCCC[C@H](NC(=O)[C@H](Cc1cc(Br)c(O)c(Br)c1)NC(=O)NCCc1c[nH]c2ccccc12)C(=O)N1CCN(c2ccncc2)CC1. The number of aromatic amines is 1. The number of benzene rings is 2. The number of fused-ring (bicyclic) bond motifs is 1. The van der Waals surface area contributed by atoms with E-state index >= 15 is 0 Å². The molecule has 14 heteroatoms. The van der Waals surface area contributed by atoms with Crippen molar-refractivity contribution in [2.24, 2.45) is 5.73 Å². The van der Waals surface area contributed by atoms with Gasteiger partial charge in [-0.25, -0.2) is 4.79 Å². The standard InChI is InChI=1S/C35H42Br2N8O4/c36-27-19-23(20-28(37)32(27)46)21-31(43-35(49)40-14-8-24-22-41-29-6-2-1-5-26(24)29)33(47)42-30(7-3-4-11-38)34(48)45-17-15-44(16-18-45)25-9-12-39-13-10-25/h1-2,5-6,9-10,12-13,19-20,22,30-31,41,46H,3-4,7-8,11,14-18,21,38H2,(H,42,47)(H2,40,43,49)/t30-,31-/m0/s1. The number of phenols is 1. The molecule has 1 aliphatic heterocycles. The van der Waals surface area contributed by atoms with E-state index in [-0.39, 0.29) is 18.1 Å². The molecule has 0 aliphatic carbocycles. The molecular formula is C35H42Br2N8O4. The van der Waals surface area contributed by atoms with E-state index in [4.69, 9.17) is 5.73 Å². The van der Waals surface area contributed by atoms with Crippen LogP contribution in [-0.2, 0) is 22.4 Å². The minimum atomic E-state index is -1.01. The molecule has 1 aliphatic rings. The number of H-pyrrole nitrogens is 1. The van der Waals surface area contributed by atoms with Gasteiger partial charge in [0.2, 0.25) is 11.8 Å². The maximum absolute atomic E-state index is 14.0. The lowest BCUT2D eigenvalue weighted by molar-refractivity contribution is -0.137. The second kappa shape index (κ2) is 17.5. The lowest BCUT2D eigenvalue weighted by atomic mass is 10.0. The van der Waals surface area contributed by atoms with Crippen LogP contribution >= 0.6 is 31.9 Å². The zero-order valence-electron chi connectivity index (χ0n) is 27.1. The van der Waals surface area contributed by atoms with E-state index in [1.807, 2.05) is 42.6 Å². The Kier molecular flexibility index (Phi) is 12.9. The van der Waals surface area contributed by atoms with E-state index < -0.39 is 24.0 Å². The number of anilines is 1. The highest BCUT2D eigenvalue weighted by Crippen LogP contribution is 2.33. The van der Waals surface area contributed by atoms with Gasteiger partial charge in [0.1, 0.15) is 17.8 Å². The molecule has 2 aromatic heterocycles. The molecule has 2 aromatic carbocycles. The number of nitrogens with one attached hydrogen (secondary N) is 4. The number of aromatic nitrogens is 2. The van der Waals surface area contributed by atoms with E-state index in [1.54, 1.807) is 29.4 Å². The highest BCUT2D eigenvalue weighted by molar-refractivity contribution is 9.11. The Balaban J connectivity index is 1.26. The Hall–Kier alpha value is -4.14. The number of rotatable bonds is 14. The molecule has 0 unspecified atom stereocenters. The number of carbonyl (C=O) groups is 3. The molecule has 0 bridgehead atoms. The molecule has 2 atom stereocenters. The third-order valence-electron chi connectivity index (χ3n) is 8.67. The topological polar surface area (TPSA) is 169 Å². The zero-order chi connectivity index (χ0) is 34.8. The van der Waals surface area contributed by atoms with Gasteiger partial charge in [-0.15, -0.1) is 0 Å². The number of unbranched alkanes of at least 4 members (excludes halogenated alkanes) is 1. The number of urea groups is 1. The second-order valence-electron chi connectivity index (χ2n) is 12.0. The first-order valence-electron chi connectivity index (χ1n) is 16.4. The maximum atomic E-state index is 14.0. The number of hydrogen-bond acceptors (Lipinski definition) is 7. The molecule has 4 amide bonds. The van der Waals surface area contributed by atoms with E-state index in [0.717, 1.165) is 22.2 Å². The molecule has 49 heavy (non-hydrogen) atoms. The molecule has 260 valence electrons. The predicted molar refractivity (Wildman–Crippen MR) is 197 cm³/mol. The van der Waals surface area contributed by atoms with Crippen LogP contribution in [-0.4, -0.2) is 89.2 Å². The van der Waals surface area contributed by atoms with Crippen LogP contribution in [0.1, 0.15) is 30.4 Å². The normalized spacial score (nSPS) is 14.3. The molecular weight excluding hydrogens is 756 g/mol. The summed E-state index contributed by atoms with van der Waals surface area (Å²) in [5.74, 6) is -0.604. The van der Waals surface area contributed by atoms with E-state index in [0.29, 0.717) is 79.5 Å². The fourth-order valence-corrected chi connectivity index (χ4v) is 7.30. The van der Waals surface area contributed by atoms with Crippen molar-refractivity contribution in [3.05, 3.63) is 87.2 Å². The number of carbonyl (C=O) groups excluding carboxylic acids is 3. The summed E-state index contributed by atoms with van der Waals surface area (Å²) in [4.78, 5) is 52.3. The molecule has 5 rings (SSSR count). The lowest BCUT2D eigenvalue weighted by Crippen LogP contribution is -2.58. The minimum absolute atomic E-state index is 0.0299. The lowest BCUT2D eigenvalue weighted by Gasteiger charge is -2.37. The largest absolute Gasteiger partial charge is 0.506 e. The summed E-state index contributed by atoms with van der Waals surface area (Å²) >= 11 is 6.71. The number of aromatic hydroxyl groups is 1. The van der Waals surface area contributed by atoms with Gasteiger partial charge < -0.3 is 41.6 Å². The summed E-state index contributed by atoms with van der Waals surface area (Å²) in [7, 11) is 0. The van der Waals surface area contributed by atoms with Crippen molar-refractivity contribution >= 4 is 66.3 Å². The van der Waals surface area contributed by atoms with Gasteiger partial charge in [0.25, 0.3) is 0 Å². The summed E-state index contributed by atoms with van der Waals surface area (Å²) < 4.78 is 0.889. The van der Waals surface area contributed by atoms with Gasteiger partial charge in [-0.3, -0.25) is 14.6 Å². The van der Waals surface area contributed by atoms with Gasteiger partial charge in [0.05, 0.1) is 8.95 Å².